The highest BCUT2D eigenvalue weighted by atomic mass is 35.5. The molecule has 0 saturated heterocycles. The van der Waals surface area contributed by atoms with Crippen molar-refractivity contribution in [2.24, 2.45) is 0 Å². The first-order chi connectivity index (χ1) is 7.56. The quantitative estimate of drug-likeness (QED) is 0.759. The molecule has 0 radical (unpaired) electrons. The van der Waals surface area contributed by atoms with E-state index >= 15 is 0 Å². The summed E-state index contributed by atoms with van der Waals surface area (Å²) in [6.45, 7) is 4.08. The Morgan fingerprint density at radius 2 is 2.31 bits per heavy atom. The summed E-state index contributed by atoms with van der Waals surface area (Å²) in [5.41, 5.74) is 0. The summed E-state index contributed by atoms with van der Waals surface area (Å²) in [7, 11) is 1.36. The van der Waals surface area contributed by atoms with Crippen LogP contribution in [0.5, 0.6) is 0 Å². The van der Waals surface area contributed by atoms with Gasteiger partial charge in [-0.05, 0) is 26.0 Å². The van der Waals surface area contributed by atoms with Crippen LogP contribution in [-0.4, -0.2) is 30.6 Å². The van der Waals surface area contributed by atoms with Crippen molar-refractivity contribution in [2.45, 2.75) is 19.9 Å². The van der Waals surface area contributed by atoms with Crippen LogP contribution >= 0.6 is 11.6 Å². The van der Waals surface area contributed by atoms with E-state index in [9.17, 15) is 4.79 Å². The third kappa shape index (κ3) is 3.10. The number of halogens is 1. The molecule has 0 N–H and O–H groups in total. The molecule has 0 aromatic carbocycles. The number of esters is 1. The SMILES string of the molecule is COC(=O)CN(c1ncccc1Cl)C(C)C. The van der Waals surface area contributed by atoms with Gasteiger partial charge in [0.15, 0.2) is 0 Å². The van der Waals surface area contributed by atoms with Gasteiger partial charge in [-0.15, -0.1) is 0 Å². The van der Waals surface area contributed by atoms with E-state index in [4.69, 9.17) is 11.6 Å². The molecule has 0 saturated carbocycles. The standard InChI is InChI=1S/C11H15ClN2O2/c1-8(2)14(7-10(15)16-3)11-9(12)5-4-6-13-11/h4-6,8H,7H2,1-3H3. The zero-order valence-electron chi connectivity index (χ0n) is 9.61. The summed E-state index contributed by atoms with van der Waals surface area (Å²) >= 11 is 6.03. The topological polar surface area (TPSA) is 42.4 Å². The largest absolute Gasteiger partial charge is 0.468 e. The molecule has 1 rings (SSSR count). The number of rotatable bonds is 4. The minimum absolute atomic E-state index is 0.117. The second kappa shape index (κ2) is 5.70. The van der Waals surface area contributed by atoms with Gasteiger partial charge in [-0.2, -0.15) is 0 Å². The van der Waals surface area contributed by atoms with Crippen molar-refractivity contribution in [1.82, 2.24) is 4.98 Å². The Balaban J connectivity index is 2.94. The van der Waals surface area contributed by atoms with E-state index in [2.05, 4.69) is 9.72 Å². The number of aromatic nitrogens is 1. The van der Waals surface area contributed by atoms with Crippen molar-refractivity contribution in [3.05, 3.63) is 23.4 Å². The van der Waals surface area contributed by atoms with Crippen LogP contribution in [0.25, 0.3) is 0 Å². The second-order valence-electron chi connectivity index (χ2n) is 3.61. The average molecular weight is 243 g/mol. The van der Waals surface area contributed by atoms with Crippen LogP contribution in [0.15, 0.2) is 18.3 Å². The first-order valence-electron chi connectivity index (χ1n) is 5.00. The molecule has 0 fully saturated rings. The molecule has 0 aliphatic heterocycles. The highest BCUT2D eigenvalue weighted by molar-refractivity contribution is 6.33. The van der Waals surface area contributed by atoms with Crippen molar-refractivity contribution in [3.63, 3.8) is 0 Å². The van der Waals surface area contributed by atoms with Crippen LogP contribution < -0.4 is 4.90 Å². The van der Waals surface area contributed by atoms with E-state index in [1.807, 2.05) is 13.8 Å². The second-order valence-corrected chi connectivity index (χ2v) is 4.01. The highest BCUT2D eigenvalue weighted by Gasteiger charge is 2.18. The molecular weight excluding hydrogens is 228 g/mol. The molecule has 0 spiro atoms. The van der Waals surface area contributed by atoms with Gasteiger partial charge in [-0.3, -0.25) is 4.79 Å². The van der Waals surface area contributed by atoms with E-state index in [0.717, 1.165) is 0 Å². The fourth-order valence-corrected chi connectivity index (χ4v) is 1.52. The molecule has 0 aliphatic carbocycles. The van der Waals surface area contributed by atoms with E-state index in [-0.39, 0.29) is 18.6 Å². The number of hydrogen-bond acceptors (Lipinski definition) is 4. The number of nitrogens with zero attached hydrogens (tertiary/aromatic N) is 2. The maximum absolute atomic E-state index is 11.3. The summed E-state index contributed by atoms with van der Waals surface area (Å²) in [5, 5.41) is 0.528. The lowest BCUT2D eigenvalue weighted by Gasteiger charge is -2.27. The Hall–Kier alpha value is -1.29. The summed E-state index contributed by atoms with van der Waals surface area (Å²) in [6, 6.07) is 3.62. The summed E-state index contributed by atoms with van der Waals surface area (Å²) in [4.78, 5) is 17.2. The minimum Gasteiger partial charge on any atom is -0.468 e. The molecule has 0 unspecified atom stereocenters. The number of hydrogen-bond donors (Lipinski definition) is 0. The van der Waals surface area contributed by atoms with Crippen molar-refractivity contribution >= 4 is 23.4 Å². The number of methoxy groups -OCH3 is 1. The normalized spacial score (nSPS) is 10.3. The molecule has 0 bridgehead atoms. The van der Waals surface area contributed by atoms with E-state index in [1.54, 1.807) is 23.2 Å². The maximum Gasteiger partial charge on any atom is 0.325 e. The predicted molar refractivity (Wildman–Crippen MR) is 63.7 cm³/mol. The van der Waals surface area contributed by atoms with Gasteiger partial charge in [0.05, 0.1) is 12.1 Å². The third-order valence-corrected chi connectivity index (χ3v) is 2.46. The highest BCUT2D eigenvalue weighted by Crippen LogP contribution is 2.23. The molecule has 1 aromatic rings. The zero-order valence-corrected chi connectivity index (χ0v) is 10.4. The molecule has 0 atom stereocenters. The van der Waals surface area contributed by atoms with Gasteiger partial charge >= 0.3 is 5.97 Å². The van der Waals surface area contributed by atoms with Crippen molar-refractivity contribution < 1.29 is 9.53 Å². The smallest absolute Gasteiger partial charge is 0.325 e. The van der Waals surface area contributed by atoms with Crippen LogP contribution in [-0.2, 0) is 9.53 Å². The van der Waals surface area contributed by atoms with Gasteiger partial charge in [0.2, 0.25) is 0 Å². The van der Waals surface area contributed by atoms with Crippen LogP contribution in [0.3, 0.4) is 0 Å². The molecule has 1 heterocycles. The van der Waals surface area contributed by atoms with Gasteiger partial charge in [-0.25, -0.2) is 4.98 Å². The molecule has 88 valence electrons. The van der Waals surface area contributed by atoms with Crippen molar-refractivity contribution in [2.75, 3.05) is 18.6 Å². The molecule has 4 nitrogen and oxygen atoms in total. The fraction of sp³-hybridized carbons (Fsp3) is 0.455. The molecular formula is C11H15ClN2O2. The lowest BCUT2D eigenvalue weighted by atomic mass is 10.3. The number of carbonyl (C=O) groups is 1. The Kier molecular flexibility index (Phi) is 4.55. The number of ether oxygens (including phenoxy) is 1. The summed E-state index contributed by atoms with van der Waals surface area (Å²) < 4.78 is 4.64. The summed E-state index contributed by atoms with van der Waals surface area (Å²) in [6.07, 6.45) is 1.65. The first-order valence-corrected chi connectivity index (χ1v) is 5.38. The van der Waals surface area contributed by atoms with Gasteiger partial charge in [0, 0.05) is 12.2 Å². The van der Waals surface area contributed by atoms with Crippen LogP contribution in [0, 0.1) is 0 Å². The molecule has 0 aliphatic rings. The lowest BCUT2D eigenvalue weighted by Crippen LogP contribution is -2.37. The number of anilines is 1. The van der Waals surface area contributed by atoms with Gasteiger partial charge in [0.25, 0.3) is 0 Å². The van der Waals surface area contributed by atoms with E-state index in [1.165, 1.54) is 7.11 Å². The van der Waals surface area contributed by atoms with E-state index in [0.29, 0.717) is 10.8 Å². The lowest BCUT2D eigenvalue weighted by molar-refractivity contribution is -0.139. The first kappa shape index (κ1) is 12.8. The molecule has 0 amide bonds. The third-order valence-electron chi connectivity index (χ3n) is 2.16. The van der Waals surface area contributed by atoms with Crippen LogP contribution in [0.4, 0.5) is 5.82 Å². The Morgan fingerprint density at radius 3 is 2.81 bits per heavy atom. The Morgan fingerprint density at radius 1 is 1.62 bits per heavy atom. The average Bonchev–Trinajstić information content (AvgIpc) is 2.26. The van der Waals surface area contributed by atoms with Crippen molar-refractivity contribution in [3.8, 4) is 0 Å². The van der Waals surface area contributed by atoms with Gasteiger partial charge in [-0.1, -0.05) is 11.6 Å². The number of carbonyl (C=O) groups excluding carboxylic acids is 1. The monoisotopic (exact) mass is 242 g/mol. The molecule has 16 heavy (non-hydrogen) atoms. The zero-order chi connectivity index (χ0) is 12.1. The van der Waals surface area contributed by atoms with Gasteiger partial charge < -0.3 is 9.64 Å². The molecule has 1 aromatic heterocycles. The minimum atomic E-state index is -0.310. The maximum atomic E-state index is 11.3. The Labute approximate surface area is 100 Å². The number of pyridine rings is 1. The molecule has 5 heteroatoms. The van der Waals surface area contributed by atoms with Gasteiger partial charge in [0.1, 0.15) is 12.4 Å². The predicted octanol–water partition coefficient (Wildman–Crippen LogP) is 2.12. The van der Waals surface area contributed by atoms with Crippen LogP contribution in [0.1, 0.15) is 13.8 Å². The van der Waals surface area contributed by atoms with Crippen molar-refractivity contribution in [1.29, 1.82) is 0 Å². The Bertz CT molecular complexity index is 369. The van der Waals surface area contributed by atoms with E-state index < -0.39 is 0 Å². The summed E-state index contributed by atoms with van der Waals surface area (Å²) in [5.74, 6) is 0.292. The van der Waals surface area contributed by atoms with Crippen LogP contribution in [0.2, 0.25) is 5.02 Å². The fourth-order valence-electron chi connectivity index (χ4n) is 1.29.